The number of nitrogens with one attached hydrogen (secondary N) is 1. The van der Waals surface area contributed by atoms with Crippen molar-refractivity contribution in [2.45, 2.75) is 52.0 Å². The molecule has 0 aliphatic heterocycles. The first-order chi connectivity index (χ1) is 15.5. The normalized spacial score (nSPS) is 10.8. The third kappa shape index (κ3) is 6.69. The van der Waals surface area contributed by atoms with Crippen LogP contribution in [0.1, 0.15) is 48.8 Å². The van der Waals surface area contributed by atoms with Crippen LogP contribution in [0, 0.1) is 0 Å². The number of aromatic nitrogens is 2. The van der Waals surface area contributed by atoms with E-state index < -0.39 is 5.97 Å². The number of carboxylic acid groups (broad SMARTS) is 1. The van der Waals surface area contributed by atoms with Crippen LogP contribution in [0.25, 0.3) is 0 Å². The van der Waals surface area contributed by atoms with Gasteiger partial charge in [-0.3, -0.25) is 9.59 Å². The summed E-state index contributed by atoms with van der Waals surface area (Å²) in [6.07, 6.45) is 3.64. The zero-order valence-electron chi connectivity index (χ0n) is 18.2. The number of hydrogen-bond donors (Lipinski definition) is 2. The predicted octanol–water partition coefficient (Wildman–Crippen LogP) is 5.13. The second-order valence-electron chi connectivity index (χ2n) is 7.76. The molecule has 0 saturated carbocycles. The van der Waals surface area contributed by atoms with Crippen molar-refractivity contribution in [2.75, 3.05) is 5.32 Å². The zero-order chi connectivity index (χ0) is 22.9. The second-order valence-corrected chi connectivity index (χ2v) is 8.11. The first-order valence-electron chi connectivity index (χ1n) is 10.8. The maximum absolute atomic E-state index is 12.3. The number of unbranched alkanes of at least 4 members (excludes halogenated alkanes) is 1. The highest BCUT2D eigenvalue weighted by atomic mass is 35.5. The van der Waals surface area contributed by atoms with E-state index in [9.17, 15) is 14.7 Å². The van der Waals surface area contributed by atoms with E-state index >= 15 is 0 Å². The van der Waals surface area contributed by atoms with Crippen molar-refractivity contribution < 1.29 is 14.7 Å². The second kappa shape index (κ2) is 11.5. The maximum atomic E-state index is 12.3. The molecule has 32 heavy (non-hydrogen) atoms. The summed E-state index contributed by atoms with van der Waals surface area (Å²) in [5.74, 6) is -0.177. The Bertz CT molecular complexity index is 1050. The number of amides is 1. The van der Waals surface area contributed by atoms with Crippen LogP contribution in [0.2, 0.25) is 5.15 Å². The van der Waals surface area contributed by atoms with Gasteiger partial charge in [-0.25, -0.2) is 4.98 Å². The Morgan fingerprint density at radius 1 is 1.03 bits per heavy atom. The monoisotopic (exact) mass is 453 g/mol. The van der Waals surface area contributed by atoms with Gasteiger partial charge in [0.15, 0.2) is 5.15 Å². The lowest BCUT2D eigenvalue weighted by Gasteiger charge is -2.12. The Morgan fingerprint density at radius 2 is 1.75 bits per heavy atom. The molecule has 1 heterocycles. The van der Waals surface area contributed by atoms with Crippen LogP contribution in [0.15, 0.2) is 54.6 Å². The molecule has 2 aromatic carbocycles. The van der Waals surface area contributed by atoms with Gasteiger partial charge in [-0.05, 0) is 36.1 Å². The van der Waals surface area contributed by atoms with E-state index in [0.717, 1.165) is 41.9 Å². The Labute approximate surface area is 193 Å². The number of rotatable bonds is 11. The molecule has 0 spiro atoms. The van der Waals surface area contributed by atoms with Gasteiger partial charge in [-0.1, -0.05) is 67.4 Å². The topological polar surface area (TPSA) is 84.2 Å². The summed E-state index contributed by atoms with van der Waals surface area (Å²) in [6.45, 7) is 2.57. The highest BCUT2D eigenvalue weighted by molar-refractivity contribution is 6.30. The molecule has 0 fully saturated rings. The summed E-state index contributed by atoms with van der Waals surface area (Å²) in [4.78, 5) is 28.0. The van der Waals surface area contributed by atoms with E-state index in [2.05, 4.69) is 17.2 Å². The zero-order valence-corrected chi connectivity index (χ0v) is 18.9. The van der Waals surface area contributed by atoms with Crippen LogP contribution in [0.5, 0.6) is 0 Å². The minimum absolute atomic E-state index is 0.0337. The van der Waals surface area contributed by atoms with E-state index in [4.69, 9.17) is 11.6 Å². The number of hydrogen-bond acceptors (Lipinski definition) is 3. The smallest absolute Gasteiger partial charge is 0.309 e. The SMILES string of the molecule is CCCCc1nc(Cl)c(CC(=O)O)n1Cc1ccc(NC(=O)CCc2ccccc2)cc1. The molecule has 0 bridgehead atoms. The number of halogens is 1. The Kier molecular flexibility index (Phi) is 8.45. The molecule has 3 rings (SSSR count). The van der Waals surface area contributed by atoms with Crippen LogP contribution < -0.4 is 5.32 Å². The molecular formula is C25H28ClN3O3. The van der Waals surface area contributed by atoms with Gasteiger partial charge in [0.1, 0.15) is 5.82 Å². The Morgan fingerprint density at radius 3 is 2.41 bits per heavy atom. The van der Waals surface area contributed by atoms with E-state index in [0.29, 0.717) is 25.1 Å². The van der Waals surface area contributed by atoms with Crippen molar-refractivity contribution in [3.8, 4) is 0 Å². The number of carbonyl (C=O) groups excluding carboxylic acids is 1. The van der Waals surface area contributed by atoms with E-state index in [1.165, 1.54) is 0 Å². The van der Waals surface area contributed by atoms with Crippen molar-refractivity contribution in [3.05, 3.63) is 82.4 Å². The fraction of sp³-hybridized carbons (Fsp3) is 0.320. The number of imidazole rings is 1. The fourth-order valence-electron chi connectivity index (χ4n) is 3.53. The highest BCUT2D eigenvalue weighted by Crippen LogP contribution is 2.22. The average Bonchev–Trinajstić information content (AvgIpc) is 3.06. The maximum Gasteiger partial charge on any atom is 0.309 e. The first kappa shape index (κ1) is 23.5. The lowest BCUT2D eigenvalue weighted by Crippen LogP contribution is -2.13. The standard InChI is InChI=1S/C25H28ClN3O3/c1-2-3-9-22-28-25(26)21(16-24(31)32)29(22)17-19-10-13-20(14-11-19)27-23(30)15-12-18-7-5-4-6-8-18/h4-8,10-11,13-14H,2-3,9,12,15-17H2,1H3,(H,27,30)(H,31,32). The van der Waals surface area contributed by atoms with Crippen LogP contribution in [0.4, 0.5) is 5.69 Å². The van der Waals surface area contributed by atoms with Gasteiger partial charge in [0.25, 0.3) is 0 Å². The quantitative estimate of drug-likeness (QED) is 0.421. The summed E-state index contributed by atoms with van der Waals surface area (Å²) in [5.41, 5.74) is 3.36. The third-order valence-corrected chi connectivity index (χ3v) is 5.54. The molecule has 2 N–H and O–H groups in total. The van der Waals surface area contributed by atoms with Gasteiger partial charge in [0.2, 0.25) is 5.91 Å². The first-order valence-corrected chi connectivity index (χ1v) is 11.2. The third-order valence-electron chi connectivity index (χ3n) is 5.24. The molecule has 1 amide bonds. The molecule has 168 valence electrons. The summed E-state index contributed by atoms with van der Waals surface area (Å²) in [5, 5.41) is 12.4. The molecule has 3 aromatic rings. The largest absolute Gasteiger partial charge is 0.481 e. The van der Waals surface area contributed by atoms with Gasteiger partial charge in [-0.2, -0.15) is 0 Å². The summed E-state index contributed by atoms with van der Waals surface area (Å²) in [6, 6.07) is 17.5. The molecule has 0 atom stereocenters. The van der Waals surface area contributed by atoms with E-state index in [1.807, 2.05) is 59.2 Å². The lowest BCUT2D eigenvalue weighted by molar-refractivity contribution is -0.136. The highest BCUT2D eigenvalue weighted by Gasteiger charge is 2.18. The van der Waals surface area contributed by atoms with Crippen molar-refractivity contribution in [1.29, 1.82) is 0 Å². The Balaban J connectivity index is 1.66. The number of anilines is 1. The molecule has 7 heteroatoms. The van der Waals surface area contributed by atoms with Crippen LogP contribution in [-0.2, 0) is 35.4 Å². The molecule has 1 aromatic heterocycles. The van der Waals surface area contributed by atoms with Gasteiger partial charge < -0.3 is 15.0 Å². The number of carbonyl (C=O) groups is 2. The Hall–Kier alpha value is -3.12. The number of aliphatic carboxylic acids is 1. The van der Waals surface area contributed by atoms with Crippen molar-refractivity contribution in [1.82, 2.24) is 9.55 Å². The van der Waals surface area contributed by atoms with Crippen LogP contribution in [0.3, 0.4) is 0 Å². The van der Waals surface area contributed by atoms with Gasteiger partial charge >= 0.3 is 5.97 Å². The molecule has 0 radical (unpaired) electrons. The fourth-order valence-corrected chi connectivity index (χ4v) is 3.80. The van der Waals surface area contributed by atoms with Crippen LogP contribution in [-0.4, -0.2) is 26.5 Å². The van der Waals surface area contributed by atoms with Gasteiger partial charge in [0, 0.05) is 25.1 Å². The minimum Gasteiger partial charge on any atom is -0.481 e. The van der Waals surface area contributed by atoms with Crippen molar-refractivity contribution in [2.24, 2.45) is 0 Å². The lowest BCUT2D eigenvalue weighted by atomic mass is 10.1. The molecular weight excluding hydrogens is 426 g/mol. The van der Waals surface area contributed by atoms with E-state index in [1.54, 1.807) is 0 Å². The summed E-state index contributed by atoms with van der Waals surface area (Å²) < 4.78 is 1.90. The molecule has 0 unspecified atom stereocenters. The van der Waals surface area contributed by atoms with Crippen molar-refractivity contribution in [3.63, 3.8) is 0 Å². The number of carboxylic acids is 1. The average molecular weight is 454 g/mol. The number of benzene rings is 2. The van der Waals surface area contributed by atoms with E-state index in [-0.39, 0.29) is 17.5 Å². The number of nitrogens with zero attached hydrogens (tertiary/aromatic N) is 2. The van der Waals surface area contributed by atoms with Crippen molar-refractivity contribution >= 4 is 29.2 Å². The van der Waals surface area contributed by atoms with Crippen LogP contribution >= 0.6 is 11.6 Å². The molecule has 0 aliphatic rings. The summed E-state index contributed by atoms with van der Waals surface area (Å²) >= 11 is 6.25. The predicted molar refractivity (Wildman–Crippen MR) is 126 cm³/mol. The molecule has 0 saturated heterocycles. The summed E-state index contributed by atoms with van der Waals surface area (Å²) in [7, 11) is 0. The molecule has 6 nitrogen and oxygen atoms in total. The minimum atomic E-state index is -0.941. The molecule has 0 aliphatic carbocycles. The van der Waals surface area contributed by atoms with Gasteiger partial charge in [-0.15, -0.1) is 0 Å². The van der Waals surface area contributed by atoms with Gasteiger partial charge in [0.05, 0.1) is 12.1 Å². The number of aryl methyl sites for hydroxylation is 2.